The molecule has 0 N–H and O–H groups in total. The van der Waals surface area contributed by atoms with Gasteiger partial charge in [0.2, 0.25) is 5.88 Å². The summed E-state index contributed by atoms with van der Waals surface area (Å²) >= 11 is 0. The van der Waals surface area contributed by atoms with Crippen molar-refractivity contribution in [3.63, 3.8) is 0 Å². The van der Waals surface area contributed by atoms with Crippen molar-refractivity contribution in [3.8, 4) is 11.6 Å². The van der Waals surface area contributed by atoms with Crippen molar-refractivity contribution >= 4 is 0 Å². The van der Waals surface area contributed by atoms with Gasteiger partial charge in [-0.2, -0.15) is 5.10 Å². The molecule has 0 bridgehead atoms. The van der Waals surface area contributed by atoms with Gasteiger partial charge in [-0.15, -0.1) is 5.10 Å². The summed E-state index contributed by atoms with van der Waals surface area (Å²) < 4.78 is 5.69. The predicted molar refractivity (Wildman–Crippen MR) is 80.0 cm³/mol. The van der Waals surface area contributed by atoms with Gasteiger partial charge in [0.15, 0.2) is 0 Å². The van der Waals surface area contributed by atoms with Gasteiger partial charge in [0.1, 0.15) is 5.75 Å². The van der Waals surface area contributed by atoms with Crippen LogP contribution in [0, 0.1) is 0 Å². The molecule has 0 spiro atoms. The van der Waals surface area contributed by atoms with E-state index in [-0.39, 0.29) is 0 Å². The summed E-state index contributed by atoms with van der Waals surface area (Å²) in [6.45, 7) is 5.10. The fourth-order valence-corrected chi connectivity index (χ4v) is 1.84. The van der Waals surface area contributed by atoms with Gasteiger partial charge in [0, 0.05) is 12.6 Å². The van der Waals surface area contributed by atoms with Gasteiger partial charge >= 0.3 is 0 Å². The molecule has 0 saturated carbocycles. The maximum Gasteiger partial charge on any atom is 0.238 e. The molecule has 0 saturated heterocycles. The average Bonchev–Trinajstić information content (AvgIpc) is 2.41. The van der Waals surface area contributed by atoms with Crippen molar-refractivity contribution in [2.24, 2.45) is 0 Å². The Hall–Kier alpha value is -1.94. The van der Waals surface area contributed by atoms with E-state index < -0.39 is 0 Å². The summed E-state index contributed by atoms with van der Waals surface area (Å²) in [6, 6.07) is 11.8. The molecule has 1 heterocycles. The van der Waals surface area contributed by atoms with E-state index in [1.807, 2.05) is 24.3 Å². The first-order valence-corrected chi connectivity index (χ1v) is 6.80. The summed E-state index contributed by atoms with van der Waals surface area (Å²) in [4.78, 5) is 2.13. The third-order valence-corrected chi connectivity index (χ3v) is 2.90. The number of ether oxygens (including phenoxy) is 1. The number of aromatic nitrogens is 2. The molecule has 0 aliphatic rings. The lowest BCUT2D eigenvalue weighted by Crippen LogP contribution is -2.10. The second-order valence-corrected chi connectivity index (χ2v) is 5.43. The fraction of sp³-hybridized carbons (Fsp3) is 0.375. The molecule has 0 aliphatic heterocycles. The van der Waals surface area contributed by atoms with Crippen LogP contribution in [0.15, 0.2) is 36.4 Å². The molecule has 0 amide bonds. The fourth-order valence-electron chi connectivity index (χ4n) is 1.84. The molecule has 2 rings (SSSR count). The quantitative estimate of drug-likeness (QED) is 0.834. The monoisotopic (exact) mass is 271 g/mol. The zero-order valence-corrected chi connectivity index (χ0v) is 12.5. The van der Waals surface area contributed by atoms with Gasteiger partial charge in [-0.25, -0.2) is 0 Å². The topological polar surface area (TPSA) is 38.2 Å². The smallest absolute Gasteiger partial charge is 0.238 e. The zero-order chi connectivity index (χ0) is 14.5. The lowest BCUT2D eigenvalue weighted by Gasteiger charge is -2.10. The second-order valence-electron chi connectivity index (χ2n) is 5.43. The average molecular weight is 271 g/mol. The molecule has 0 atom stereocenters. The molecule has 4 heteroatoms. The van der Waals surface area contributed by atoms with E-state index >= 15 is 0 Å². The molecule has 0 aliphatic carbocycles. The van der Waals surface area contributed by atoms with Crippen molar-refractivity contribution < 1.29 is 4.74 Å². The second kappa shape index (κ2) is 6.48. The number of nitrogens with zero attached hydrogens (tertiary/aromatic N) is 3. The van der Waals surface area contributed by atoms with Crippen LogP contribution in [0.4, 0.5) is 0 Å². The summed E-state index contributed by atoms with van der Waals surface area (Å²) in [6.07, 6.45) is 0. The summed E-state index contributed by atoms with van der Waals surface area (Å²) in [5.74, 6) is 1.68. The Morgan fingerprint density at radius 3 is 2.20 bits per heavy atom. The first kappa shape index (κ1) is 14.5. The van der Waals surface area contributed by atoms with Gasteiger partial charge in [-0.3, -0.25) is 0 Å². The van der Waals surface area contributed by atoms with Gasteiger partial charge in [0.25, 0.3) is 0 Å². The summed E-state index contributed by atoms with van der Waals surface area (Å²) in [5.41, 5.74) is 2.22. The SMILES string of the molecule is CC(C)c1ccc(Oc2ccc(CN(C)C)cc2)nn1. The van der Waals surface area contributed by atoms with Crippen LogP contribution in [0.1, 0.15) is 31.0 Å². The van der Waals surface area contributed by atoms with E-state index in [2.05, 4.69) is 55.2 Å². The van der Waals surface area contributed by atoms with Crippen molar-refractivity contribution in [1.82, 2.24) is 15.1 Å². The third kappa shape index (κ3) is 4.03. The molecular weight excluding hydrogens is 250 g/mol. The van der Waals surface area contributed by atoms with Gasteiger partial charge in [-0.05, 0) is 43.8 Å². The molecule has 2 aromatic rings. The molecule has 0 fully saturated rings. The van der Waals surface area contributed by atoms with E-state index in [1.54, 1.807) is 0 Å². The lowest BCUT2D eigenvalue weighted by atomic mass is 10.1. The lowest BCUT2D eigenvalue weighted by molar-refractivity contribution is 0.401. The largest absolute Gasteiger partial charge is 0.438 e. The number of hydrogen-bond acceptors (Lipinski definition) is 4. The van der Waals surface area contributed by atoms with E-state index in [0.29, 0.717) is 11.8 Å². The summed E-state index contributed by atoms with van der Waals surface area (Å²) in [7, 11) is 4.10. The van der Waals surface area contributed by atoms with Crippen LogP contribution < -0.4 is 4.74 Å². The Morgan fingerprint density at radius 2 is 1.70 bits per heavy atom. The van der Waals surface area contributed by atoms with Crippen LogP contribution in [0.3, 0.4) is 0 Å². The van der Waals surface area contributed by atoms with Gasteiger partial charge < -0.3 is 9.64 Å². The van der Waals surface area contributed by atoms with Crippen LogP contribution in [0.25, 0.3) is 0 Å². The van der Waals surface area contributed by atoms with E-state index in [9.17, 15) is 0 Å². The molecule has 1 aromatic heterocycles. The molecular formula is C16H21N3O. The highest BCUT2D eigenvalue weighted by Crippen LogP contribution is 2.20. The van der Waals surface area contributed by atoms with Crippen LogP contribution in [-0.4, -0.2) is 29.2 Å². The molecule has 0 unspecified atom stereocenters. The van der Waals surface area contributed by atoms with Gasteiger partial charge in [0.05, 0.1) is 5.69 Å². The Morgan fingerprint density at radius 1 is 1.00 bits per heavy atom. The molecule has 106 valence electrons. The van der Waals surface area contributed by atoms with E-state index in [0.717, 1.165) is 18.0 Å². The Kier molecular flexibility index (Phi) is 4.69. The van der Waals surface area contributed by atoms with Crippen molar-refractivity contribution in [2.45, 2.75) is 26.3 Å². The van der Waals surface area contributed by atoms with Crippen molar-refractivity contribution in [3.05, 3.63) is 47.7 Å². The standard InChI is InChI=1S/C16H21N3O/c1-12(2)15-9-10-16(18-17-15)20-14-7-5-13(6-8-14)11-19(3)4/h5-10,12H,11H2,1-4H3. The minimum absolute atomic E-state index is 0.377. The minimum Gasteiger partial charge on any atom is -0.438 e. The molecule has 4 nitrogen and oxygen atoms in total. The number of benzene rings is 1. The maximum absolute atomic E-state index is 5.69. The number of rotatable bonds is 5. The van der Waals surface area contributed by atoms with Crippen LogP contribution in [0.5, 0.6) is 11.6 Å². The summed E-state index contributed by atoms with van der Waals surface area (Å²) in [5, 5.41) is 8.24. The third-order valence-electron chi connectivity index (χ3n) is 2.90. The van der Waals surface area contributed by atoms with Crippen molar-refractivity contribution in [1.29, 1.82) is 0 Å². The highest BCUT2D eigenvalue weighted by atomic mass is 16.5. The highest BCUT2D eigenvalue weighted by molar-refractivity contribution is 5.30. The molecule has 20 heavy (non-hydrogen) atoms. The molecule has 0 radical (unpaired) electrons. The van der Waals surface area contributed by atoms with E-state index in [1.165, 1.54) is 5.56 Å². The first-order chi connectivity index (χ1) is 9.54. The van der Waals surface area contributed by atoms with Crippen LogP contribution in [-0.2, 0) is 6.54 Å². The maximum atomic E-state index is 5.69. The Bertz CT molecular complexity index is 533. The van der Waals surface area contributed by atoms with E-state index in [4.69, 9.17) is 4.74 Å². The zero-order valence-electron chi connectivity index (χ0n) is 12.5. The predicted octanol–water partition coefficient (Wildman–Crippen LogP) is 3.45. The van der Waals surface area contributed by atoms with Crippen LogP contribution in [0.2, 0.25) is 0 Å². The number of hydrogen-bond donors (Lipinski definition) is 0. The normalized spacial score (nSPS) is 11.1. The van der Waals surface area contributed by atoms with Gasteiger partial charge in [-0.1, -0.05) is 26.0 Å². The highest BCUT2D eigenvalue weighted by Gasteiger charge is 2.04. The van der Waals surface area contributed by atoms with Crippen LogP contribution >= 0.6 is 0 Å². The minimum atomic E-state index is 0.377. The molecule has 1 aromatic carbocycles. The Labute approximate surface area is 120 Å². The van der Waals surface area contributed by atoms with Crippen molar-refractivity contribution in [2.75, 3.05) is 14.1 Å². The first-order valence-electron chi connectivity index (χ1n) is 6.80. The Balaban J connectivity index is 2.02.